The number of rotatable bonds is 4. The average Bonchev–Trinajstić information content (AvgIpc) is 3.37. The van der Waals surface area contributed by atoms with Crippen molar-refractivity contribution in [2.24, 2.45) is 5.73 Å². The molecule has 0 aliphatic carbocycles. The highest BCUT2D eigenvalue weighted by Gasteiger charge is 2.34. The van der Waals surface area contributed by atoms with Crippen LogP contribution in [0.25, 0.3) is 11.4 Å². The number of likely N-dealkylation sites (tertiary alicyclic amines) is 1. The Bertz CT molecular complexity index is 890. The highest BCUT2D eigenvalue weighted by molar-refractivity contribution is 5.94. The van der Waals surface area contributed by atoms with E-state index in [2.05, 4.69) is 10.1 Å². The summed E-state index contributed by atoms with van der Waals surface area (Å²) >= 11 is 0. The molecule has 1 unspecified atom stereocenters. The van der Waals surface area contributed by atoms with E-state index in [1.54, 1.807) is 0 Å². The summed E-state index contributed by atoms with van der Waals surface area (Å²) in [5.41, 5.74) is 8.23. The van der Waals surface area contributed by atoms with Crippen LogP contribution in [0.15, 0.2) is 59.1 Å². The van der Waals surface area contributed by atoms with Crippen molar-refractivity contribution in [1.29, 1.82) is 0 Å². The van der Waals surface area contributed by atoms with Crippen LogP contribution in [0.5, 0.6) is 0 Å². The van der Waals surface area contributed by atoms with E-state index in [1.165, 1.54) is 0 Å². The van der Waals surface area contributed by atoms with E-state index in [9.17, 15) is 4.79 Å². The van der Waals surface area contributed by atoms with Crippen LogP contribution in [0.1, 0.15) is 40.7 Å². The van der Waals surface area contributed by atoms with Gasteiger partial charge in [0.05, 0.1) is 0 Å². The molecule has 1 aliphatic rings. The predicted molar refractivity (Wildman–Crippen MR) is 97.1 cm³/mol. The van der Waals surface area contributed by atoms with Gasteiger partial charge in [-0.1, -0.05) is 47.6 Å². The van der Waals surface area contributed by atoms with Crippen LogP contribution in [-0.4, -0.2) is 27.5 Å². The van der Waals surface area contributed by atoms with Crippen LogP contribution >= 0.6 is 0 Å². The fourth-order valence-electron chi connectivity index (χ4n) is 3.29. The molecule has 132 valence electrons. The quantitative estimate of drug-likeness (QED) is 0.783. The minimum absolute atomic E-state index is 0.000138. The van der Waals surface area contributed by atoms with Gasteiger partial charge in [0.2, 0.25) is 11.7 Å². The number of hydrogen-bond donors (Lipinski definition) is 1. The molecule has 1 aliphatic heterocycles. The minimum Gasteiger partial charge on any atom is -0.337 e. The fraction of sp³-hybridized carbons (Fsp3) is 0.250. The molecule has 0 saturated carbocycles. The van der Waals surface area contributed by atoms with Crippen molar-refractivity contribution in [3.63, 3.8) is 0 Å². The Morgan fingerprint density at radius 2 is 1.92 bits per heavy atom. The predicted octanol–water partition coefficient (Wildman–Crippen LogP) is 3.17. The number of benzene rings is 2. The highest BCUT2D eigenvalue weighted by atomic mass is 16.5. The molecule has 6 heteroatoms. The number of carbonyl (C=O) groups excluding carboxylic acids is 1. The number of hydrogen-bond acceptors (Lipinski definition) is 5. The molecule has 4 rings (SSSR count). The molecular weight excluding hydrogens is 328 g/mol. The van der Waals surface area contributed by atoms with Crippen LogP contribution < -0.4 is 5.73 Å². The number of aromatic nitrogens is 2. The molecule has 6 nitrogen and oxygen atoms in total. The van der Waals surface area contributed by atoms with Crippen LogP contribution in [0, 0.1) is 0 Å². The molecule has 0 spiro atoms. The van der Waals surface area contributed by atoms with Crippen molar-refractivity contribution < 1.29 is 9.32 Å². The number of carbonyl (C=O) groups is 1. The van der Waals surface area contributed by atoms with Gasteiger partial charge in [0, 0.05) is 24.2 Å². The van der Waals surface area contributed by atoms with Crippen molar-refractivity contribution in [3.05, 3.63) is 71.6 Å². The summed E-state index contributed by atoms with van der Waals surface area (Å²) < 4.78 is 5.50. The maximum absolute atomic E-state index is 12.8. The Morgan fingerprint density at radius 3 is 2.65 bits per heavy atom. The molecule has 1 amide bonds. The third kappa shape index (κ3) is 3.11. The van der Waals surface area contributed by atoms with Gasteiger partial charge in [0.15, 0.2) is 0 Å². The summed E-state index contributed by atoms with van der Waals surface area (Å²) in [5.74, 6) is 1.02. The van der Waals surface area contributed by atoms with E-state index in [-0.39, 0.29) is 11.9 Å². The van der Waals surface area contributed by atoms with Crippen molar-refractivity contribution in [2.45, 2.75) is 25.4 Å². The lowest BCUT2D eigenvalue weighted by Crippen LogP contribution is -2.30. The van der Waals surface area contributed by atoms with Crippen molar-refractivity contribution in [1.82, 2.24) is 15.0 Å². The SMILES string of the molecule is NCc1ccc(-c2noc(C3CCCN3C(=O)c3ccccc3)n2)cc1. The van der Waals surface area contributed by atoms with Crippen LogP contribution in [0.3, 0.4) is 0 Å². The van der Waals surface area contributed by atoms with Crippen LogP contribution in [0.2, 0.25) is 0 Å². The van der Waals surface area contributed by atoms with E-state index in [4.69, 9.17) is 10.3 Å². The van der Waals surface area contributed by atoms with Gasteiger partial charge < -0.3 is 15.2 Å². The van der Waals surface area contributed by atoms with Gasteiger partial charge in [0.1, 0.15) is 6.04 Å². The summed E-state index contributed by atoms with van der Waals surface area (Å²) in [4.78, 5) is 19.2. The first-order valence-corrected chi connectivity index (χ1v) is 8.75. The molecule has 3 aromatic rings. The van der Waals surface area contributed by atoms with Gasteiger partial charge in [0.25, 0.3) is 5.91 Å². The van der Waals surface area contributed by atoms with Gasteiger partial charge in [-0.25, -0.2) is 0 Å². The molecule has 26 heavy (non-hydrogen) atoms. The van der Waals surface area contributed by atoms with E-state index < -0.39 is 0 Å². The normalized spacial score (nSPS) is 16.8. The lowest BCUT2D eigenvalue weighted by molar-refractivity contribution is 0.0710. The van der Waals surface area contributed by atoms with Crippen LogP contribution in [-0.2, 0) is 6.54 Å². The Hall–Kier alpha value is -2.99. The Morgan fingerprint density at radius 1 is 1.15 bits per heavy atom. The average molecular weight is 348 g/mol. The Kier molecular flexibility index (Phi) is 4.50. The second kappa shape index (κ2) is 7.09. The molecule has 0 radical (unpaired) electrons. The zero-order valence-electron chi connectivity index (χ0n) is 14.3. The lowest BCUT2D eigenvalue weighted by Gasteiger charge is -2.21. The maximum Gasteiger partial charge on any atom is 0.254 e. The Balaban J connectivity index is 1.57. The standard InChI is InChI=1S/C20H20N4O2/c21-13-14-8-10-15(11-9-14)18-22-19(26-23-18)17-7-4-12-24(17)20(25)16-5-2-1-3-6-16/h1-3,5-6,8-11,17H,4,7,12-13,21H2. The molecule has 2 N–H and O–H groups in total. The van der Waals surface area contributed by atoms with Gasteiger partial charge in [-0.2, -0.15) is 4.98 Å². The summed E-state index contributed by atoms with van der Waals surface area (Å²) in [6.07, 6.45) is 1.75. The fourth-order valence-corrected chi connectivity index (χ4v) is 3.29. The first kappa shape index (κ1) is 16.5. The van der Waals surface area contributed by atoms with Gasteiger partial charge in [-0.15, -0.1) is 0 Å². The second-order valence-corrected chi connectivity index (χ2v) is 6.38. The zero-order chi connectivity index (χ0) is 17.9. The van der Waals surface area contributed by atoms with Crippen molar-refractivity contribution in [3.8, 4) is 11.4 Å². The summed E-state index contributed by atoms with van der Waals surface area (Å²) in [6, 6.07) is 16.9. The highest BCUT2D eigenvalue weighted by Crippen LogP contribution is 2.33. The van der Waals surface area contributed by atoms with E-state index >= 15 is 0 Å². The molecule has 2 heterocycles. The molecule has 1 fully saturated rings. The molecule has 2 aromatic carbocycles. The second-order valence-electron chi connectivity index (χ2n) is 6.38. The number of nitrogens with zero attached hydrogens (tertiary/aromatic N) is 3. The van der Waals surface area contributed by atoms with E-state index in [0.29, 0.717) is 30.4 Å². The summed E-state index contributed by atoms with van der Waals surface area (Å²) in [5, 5.41) is 4.10. The largest absolute Gasteiger partial charge is 0.337 e. The van der Waals surface area contributed by atoms with Gasteiger partial charge >= 0.3 is 0 Å². The molecule has 1 atom stereocenters. The molecular formula is C20H20N4O2. The number of amides is 1. The zero-order valence-corrected chi connectivity index (χ0v) is 14.3. The van der Waals surface area contributed by atoms with Crippen molar-refractivity contribution in [2.75, 3.05) is 6.54 Å². The molecule has 1 aromatic heterocycles. The van der Waals surface area contributed by atoms with Gasteiger partial charge in [-0.05, 0) is 30.5 Å². The smallest absolute Gasteiger partial charge is 0.254 e. The van der Waals surface area contributed by atoms with Gasteiger partial charge in [-0.3, -0.25) is 4.79 Å². The van der Waals surface area contributed by atoms with E-state index in [1.807, 2.05) is 59.5 Å². The van der Waals surface area contributed by atoms with Crippen molar-refractivity contribution >= 4 is 5.91 Å². The summed E-state index contributed by atoms with van der Waals surface area (Å²) in [7, 11) is 0. The minimum atomic E-state index is -0.174. The third-order valence-electron chi connectivity index (χ3n) is 4.71. The Labute approximate surface area is 151 Å². The molecule has 0 bridgehead atoms. The van der Waals surface area contributed by atoms with Crippen LogP contribution in [0.4, 0.5) is 0 Å². The maximum atomic E-state index is 12.8. The topological polar surface area (TPSA) is 85.2 Å². The van der Waals surface area contributed by atoms with E-state index in [0.717, 1.165) is 24.0 Å². The first-order valence-electron chi connectivity index (χ1n) is 8.75. The molecule has 1 saturated heterocycles. The lowest BCUT2D eigenvalue weighted by atomic mass is 10.1. The monoisotopic (exact) mass is 348 g/mol. The number of nitrogens with two attached hydrogens (primary N) is 1. The summed E-state index contributed by atoms with van der Waals surface area (Å²) in [6.45, 7) is 1.19. The first-order chi connectivity index (χ1) is 12.8. The third-order valence-corrected chi connectivity index (χ3v) is 4.71.